The molecule has 1 aromatic rings. The van der Waals surface area contributed by atoms with E-state index in [1.54, 1.807) is 20.0 Å². The molecule has 1 aromatic heterocycles. The van der Waals surface area contributed by atoms with Crippen molar-refractivity contribution in [2.45, 2.75) is 39.0 Å². The van der Waals surface area contributed by atoms with Crippen molar-refractivity contribution < 1.29 is 9.53 Å². The molecule has 1 fully saturated rings. The van der Waals surface area contributed by atoms with Crippen molar-refractivity contribution in [1.82, 2.24) is 10.3 Å². The van der Waals surface area contributed by atoms with Gasteiger partial charge in [-0.1, -0.05) is 6.07 Å². The topological polar surface area (TPSA) is 80.5 Å². The molecule has 1 aliphatic rings. The van der Waals surface area contributed by atoms with Gasteiger partial charge in [0.15, 0.2) is 0 Å². The van der Waals surface area contributed by atoms with E-state index in [1.165, 1.54) is 0 Å². The minimum Gasteiger partial charge on any atom is -0.375 e. The summed E-state index contributed by atoms with van der Waals surface area (Å²) in [6.07, 6.45) is 2.02. The van der Waals surface area contributed by atoms with Gasteiger partial charge in [-0.15, -0.1) is 0 Å². The monoisotopic (exact) mass is 292 g/mol. The second-order valence-electron chi connectivity index (χ2n) is 6.06. The number of nitrogens with zero attached hydrogens (tertiary/aromatic N) is 2. The maximum Gasteiger partial charge on any atom is 0.239 e. The van der Waals surface area contributed by atoms with E-state index in [9.17, 15) is 4.79 Å². The molecule has 0 aliphatic carbocycles. The molecule has 0 bridgehead atoms. The molecule has 1 unspecified atom stereocenters. The molecule has 1 aliphatic heterocycles. The Bertz CT molecular complexity index is 481. The van der Waals surface area contributed by atoms with Crippen molar-refractivity contribution in [3.8, 4) is 0 Å². The van der Waals surface area contributed by atoms with Crippen LogP contribution in [0.5, 0.6) is 0 Å². The van der Waals surface area contributed by atoms with E-state index >= 15 is 0 Å². The SMILES string of the molecule is CC1CN(c2ccc(CNC(=O)C(C)(C)N)cn2)CCO1. The molecule has 0 aromatic carbocycles. The Hall–Kier alpha value is -1.66. The molecule has 1 amide bonds. The van der Waals surface area contributed by atoms with Gasteiger partial charge in [0, 0.05) is 25.8 Å². The lowest BCUT2D eigenvalue weighted by Gasteiger charge is -2.32. The number of ether oxygens (including phenoxy) is 1. The zero-order valence-corrected chi connectivity index (χ0v) is 12.9. The highest BCUT2D eigenvalue weighted by Gasteiger charge is 2.21. The standard InChI is InChI=1S/C15H24N4O2/c1-11-10-19(6-7-21-11)13-5-4-12(8-17-13)9-18-14(20)15(2,3)16/h4-5,8,11H,6-7,9-10,16H2,1-3H3,(H,18,20). The smallest absolute Gasteiger partial charge is 0.239 e. The molecule has 21 heavy (non-hydrogen) atoms. The molecule has 0 radical (unpaired) electrons. The van der Waals surface area contributed by atoms with Crippen LogP contribution < -0.4 is 16.0 Å². The summed E-state index contributed by atoms with van der Waals surface area (Å²) in [6.45, 7) is 8.30. The van der Waals surface area contributed by atoms with E-state index < -0.39 is 5.54 Å². The van der Waals surface area contributed by atoms with Crippen LogP contribution in [0.1, 0.15) is 26.3 Å². The average Bonchev–Trinajstić information content (AvgIpc) is 2.44. The Morgan fingerprint density at radius 1 is 1.57 bits per heavy atom. The summed E-state index contributed by atoms with van der Waals surface area (Å²) in [5, 5.41) is 2.81. The van der Waals surface area contributed by atoms with E-state index in [-0.39, 0.29) is 12.0 Å². The van der Waals surface area contributed by atoms with Crippen molar-refractivity contribution >= 4 is 11.7 Å². The number of hydrogen-bond acceptors (Lipinski definition) is 5. The first-order valence-corrected chi connectivity index (χ1v) is 7.25. The summed E-state index contributed by atoms with van der Waals surface area (Å²) in [5.41, 5.74) is 5.82. The second-order valence-corrected chi connectivity index (χ2v) is 6.06. The average molecular weight is 292 g/mol. The molecule has 0 saturated carbocycles. The lowest BCUT2D eigenvalue weighted by Crippen LogP contribution is -2.48. The number of nitrogens with one attached hydrogen (secondary N) is 1. The number of anilines is 1. The van der Waals surface area contributed by atoms with Gasteiger partial charge in [0.2, 0.25) is 5.91 Å². The maximum atomic E-state index is 11.7. The molecule has 116 valence electrons. The third kappa shape index (κ3) is 4.41. The highest BCUT2D eigenvalue weighted by atomic mass is 16.5. The predicted octanol–water partition coefficient (Wildman–Crippen LogP) is 0.660. The number of morpholine rings is 1. The minimum atomic E-state index is -0.864. The highest BCUT2D eigenvalue weighted by Crippen LogP contribution is 2.15. The number of aromatic nitrogens is 1. The van der Waals surface area contributed by atoms with E-state index in [0.29, 0.717) is 6.54 Å². The number of carbonyl (C=O) groups is 1. The Morgan fingerprint density at radius 3 is 2.90 bits per heavy atom. The van der Waals surface area contributed by atoms with Gasteiger partial charge in [0.25, 0.3) is 0 Å². The Morgan fingerprint density at radius 2 is 2.33 bits per heavy atom. The Labute approximate surface area is 125 Å². The first-order valence-electron chi connectivity index (χ1n) is 7.25. The first kappa shape index (κ1) is 15.7. The molecule has 2 heterocycles. The van der Waals surface area contributed by atoms with Crippen LogP contribution in [-0.4, -0.2) is 42.2 Å². The largest absolute Gasteiger partial charge is 0.375 e. The van der Waals surface area contributed by atoms with Gasteiger partial charge in [0.05, 0.1) is 18.2 Å². The molecule has 6 nitrogen and oxygen atoms in total. The Kier molecular flexibility index (Phi) is 4.80. The van der Waals surface area contributed by atoms with Crippen molar-refractivity contribution in [2.75, 3.05) is 24.6 Å². The van der Waals surface area contributed by atoms with Crippen LogP contribution in [0.25, 0.3) is 0 Å². The zero-order valence-electron chi connectivity index (χ0n) is 12.9. The summed E-state index contributed by atoms with van der Waals surface area (Å²) < 4.78 is 5.52. The summed E-state index contributed by atoms with van der Waals surface area (Å²) in [6, 6.07) is 3.96. The maximum absolute atomic E-state index is 11.7. The first-order chi connectivity index (χ1) is 9.86. The molecule has 1 atom stereocenters. The van der Waals surface area contributed by atoms with Crippen molar-refractivity contribution in [3.05, 3.63) is 23.9 Å². The molecular weight excluding hydrogens is 268 g/mol. The summed E-state index contributed by atoms with van der Waals surface area (Å²) in [7, 11) is 0. The molecule has 3 N–H and O–H groups in total. The number of carbonyl (C=O) groups excluding carboxylic acids is 1. The number of amides is 1. The number of hydrogen-bond donors (Lipinski definition) is 2. The fraction of sp³-hybridized carbons (Fsp3) is 0.600. The Balaban J connectivity index is 1.91. The van der Waals surface area contributed by atoms with E-state index in [2.05, 4.69) is 22.1 Å². The van der Waals surface area contributed by atoms with Crippen LogP contribution in [0, 0.1) is 0 Å². The lowest BCUT2D eigenvalue weighted by atomic mass is 10.1. The van der Waals surface area contributed by atoms with Gasteiger partial charge in [-0.25, -0.2) is 4.98 Å². The van der Waals surface area contributed by atoms with Gasteiger partial charge in [-0.2, -0.15) is 0 Å². The van der Waals surface area contributed by atoms with Crippen LogP contribution in [0.3, 0.4) is 0 Å². The number of rotatable bonds is 4. The predicted molar refractivity (Wildman–Crippen MR) is 82.0 cm³/mol. The van der Waals surface area contributed by atoms with E-state index in [0.717, 1.165) is 31.1 Å². The third-order valence-electron chi connectivity index (χ3n) is 3.41. The normalized spacial score (nSPS) is 19.4. The summed E-state index contributed by atoms with van der Waals surface area (Å²) in [5.74, 6) is 0.771. The minimum absolute atomic E-state index is 0.173. The fourth-order valence-electron chi connectivity index (χ4n) is 2.14. The fourth-order valence-corrected chi connectivity index (χ4v) is 2.14. The van der Waals surface area contributed by atoms with Crippen LogP contribution in [-0.2, 0) is 16.1 Å². The molecule has 1 saturated heterocycles. The highest BCUT2D eigenvalue weighted by molar-refractivity contribution is 5.84. The van der Waals surface area contributed by atoms with Crippen molar-refractivity contribution in [2.24, 2.45) is 5.73 Å². The number of pyridine rings is 1. The quantitative estimate of drug-likeness (QED) is 0.852. The van der Waals surface area contributed by atoms with Crippen molar-refractivity contribution in [3.63, 3.8) is 0 Å². The van der Waals surface area contributed by atoms with E-state index in [4.69, 9.17) is 10.5 Å². The molecule has 6 heteroatoms. The second kappa shape index (κ2) is 6.41. The van der Waals surface area contributed by atoms with Crippen LogP contribution in [0.2, 0.25) is 0 Å². The zero-order chi connectivity index (χ0) is 15.5. The van der Waals surface area contributed by atoms with Crippen molar-refractivity contribution in [1.29, 1.82) is 0 Å². The molecule has 2 rings (SSSR count). The summed E-state index contributed by atoms with van der Waals surface area (Å²) >= 11 is 0. The third-order valence-corrected chi connectivity index (χ3v) is 3.41. The lowest BCUT2D eigenvalue weighted by molar-refractivity contribution is -0.125. The number of nitrogens with two attached hydrogens (primary N) is 1. The van der Waals surface area contributed by atoms with Gasteiger partial charge in [-0.05, 0) is 32.4 Å². The van der Waals surface area contributed by atoms with Crippen LogP contribution in [0.15, 0.2) is 18.3 Å². The van der Waals surface area contributed by atoms with Gasteiger partial charge < -0.3 is 20.7 Å². The van der Waals surface area contributed by atoms with Crippen LogP contribution >= 0.6 is 0 Å². The van der Waals surface area contributed by atoms with Crippen LogP contribution in [0.4, 0.5) is 5.82 Å². The molecular formula is C15H24N4O2. The van der Waals surface area contributed by atoms with Gasteiger partial charge in [-0.3, -0.25) is 4.79 Å². The van der Waals surface area contributed by atoms with Gasteiger partial charge >= 0.3 is 0 Å². The molecule has 0 spiro atoms. The van der Waals surface area contributed by atoms with E-state index in [1.807, 2.05) is 12.1 Å². The van der Waals surface area contributed by atoms with Gasteiger partial charge in [0.1, 0.15) is 5.82 Å². The summed E-state index contributed by atoms with van der Waals surface area (Å²) in [4.78, 5) is 18.4.